The first-order valence-electron chi connectivity index (χ1n) is 8.80. The molecule has 0 aromatic carbocycles. The van der Waals surface area contributed by atoms with Crippen LogP contribution in [0.3, 0.4) is 0 Å². The molecule has 0 aromatic rings. The molecule has 1 spiro atoms. The van der Waals surface area contributed by atoms with Gasteiger partial charge in [0.15, 0.2) is 0 Å². The van der Waals surface area contributed by atoms with Crippen LogP contribution in [0, 0.1) is 0 Å². The molecule has 2 atom stereocenters. The Balaban J connectivity index is 1.61. The van der Waals surface area contributed by atoms with Gasteiger partial charge in [0.2, 0.25) is 5.91 Å². The van der Waals surface area contributed by atoms with Crippen molar-refractivity contribution < 1.29 is 19.4 Å². The summed E-state index contributed by atoms with van der Waals surface area (Å²) in [5.41, 5.74) is -1.13. The first-order valence-corrected chi connectivity index (χ1v) is 8.80. The number of hydrogen-bond acceptors (Lipinski definition) is 5. The normalized spacial score (nSPS) is 33.7. The zero-order valence-electron chi connectivity index (χ0n) is 14.4. The van der Waals surface area contributed by atoms with Gasteiger partial charge in [-0.15, -0.1) is 0 Å². The highest BCUT2D eigenvalue weighted by Crippen LogP contribution is 2.37. The lowest BCUT2D eigenvalue weighted by atomic mass is 9.77. The summed E-state index contributed by atoms with van der Waals surface area (Å²) in [7, 11) is 4.10. The van der Waals surface area contributed by atoms with Crippen molar-refractivity contribution in [2.75, 3.05) is 46.9 Å². The summed E-state index contributed by atoms with van der Waals surface area (Å²) in [5, 5.41) is 10.3. The molecule has 1 saturated carbocycles. The molecule has 1 aliphatic carbocycles. The van der Waals surface area contributed by atoms with Crippen molar-refractivity contribution in [2.24, 2.45) is 0 Å². The topological polar surface area (TPSA) is 62.2 Å². The van der Waals surface area contributed by atoms with Crippen LogP contribution in [0.25, 0.3) is 0 Å². The van der Waals surface area contributed by atoms with Gasteiger partial charge in [-0.2, -0.15) is 0 Å². The maximum atomic E-state index is 12.6. The predicted octanol–water partition coefficient (Wildman–Crippen LogP) is 0.630. The highest BCUT2D eigenvalue weighted by Gasteiger charge is 2.45. The van der Waals surface area contributed by atoms with Gasteiger partial charge in [-0.1, -0.05) is 0 Å². The van der Waals surface area contributed by atoms with Gasteiger partial charge in [-0.05, 0) is 46.2 Å². The first kappa shape index (κ1) is 17.1. The molecule has 3 aliphatic rings. The van der Waals surface area contributed by atoms with E-state index in [1.165, 1.54) is 0 Å². The van der Waals surface area contributed by atoms with E-state index in [4.69, 9.17) is 9.47 Å². The number of hydrogen-bond donors (Lipinski definition) is 1. The van der Waals surface area contributed by atoms with E-state index < -0.39 is 5.60 Å². The van der Waals surface area contributed by atoms with Crippen molar-refractivity contribution in [3.05, 3.63) is 0 Å². The van der Waals surface area contributed by atoms with Crippen LogP contribution in [-0.4, -0.2) is 85.1 Å². The van der Waals surface area contributed by atoms with Crippen molar-refractivity contribution in [2.45, 2.75) is 55.8 Å². The molecule has 6 heteroatoms. The Morgan fingerprint density at radius 1 is 1.35 bits per heavy atom. The fraction of sp³-hybridized carbons (Fsp3) is 0.941. The monoisotopic (exact) mass is 326 g/mol. The molecule has 1 unspecified atom stereocenters. The van der Waals surface area contributed by atoms with Gasteiger partial charge >= 0.3 is 0 Å². The molecule has 132 valence electrons. The van der Waals surface area contributed by atoms with Gasteiger partial charge in [-0.25, -0.2) is 0 Å². The number of rotatable bonds is 4. The molecule has 0 radical (unpaired) electrons. The maximum absolute atomic E-state index is 12.6. The van der Waals surface area contributed by atoms with Crippen molar-refractivity contribution in [1.29, 1.82) is 0 Å². The third kappa shape index (κ3) is 4.05. The molecule has 1 amide bonds. The average Bonchev–Trinajstić information content (AvgIpc) is 2.69. The minimum atomic E-state index is -0.763. The van der Waals surface area contributed by atoms with Crippen LogP contribution in [0.5, 0.6) is 0 Å². The Hall–Kier alpha value is -0.690. The van der Waals surface area contributed by atoms with E-state index in [1.807, 2.05) is 19.0 Å². The highest BCUT2D eigenvalue weighted by atomic mass is 16.6. The predicted molar refractivity (Wildman–Crippen MR) is 86.2 cm³/mol. The molecule has 2 heterocycles. The second kappa shape index (κ2) is 6.67. The summed E-state index contributed by atoms with van der Waals surface area (Å²) in [6.45, 7) is 3.19. The molecule has 2 saturated heterocycles. The summed E-state index contributed by atoms with van der Waals surface area (Å²) in [5.74, 6) is 0.0386. The molecule has 0 bridgehead atoms. The maximum Gasteiger partial charge on any atom is 0.225 e. The molecular weight excluding hydrogens is 296 g/mol. The number of carbonyl (C=O) groups is 1. The lowest BCUT2D eigenvalue weighted by Crippen LogP contribution is -2.49. The molecule has 23 heavy (non-hydrogen) atoms. The number of ether oxygens (including phenoxy) is 2. The van der Waals surface area contributed by atoms with Crippen molar-refractivity contribution in [3.8, 4) is 0 Å². The van der Waals surface area contributed by atoms with Gasteiger partial charge in [0.25, 0.3) is 0 Å². The molecule has 2 aliphatic heterocycles. The van der Waals surface area contributed by atoms with Gasteiger partial charge in [-0.3, -0.25) is 4.79 Å². The zero-order chi connectivity index (χ0) is 16.5. The van der Waals surface area contributed by atoms with E-state index >= 15 is 0 Å². The Morgan fingerprint density at radius 3 is 2.78 bits per heavy atom. The SMILES string of the molecule is CN(C)CC1CC[C@]2(COCCN(C(=O)CC3(O)CCC3)C2)O1. The Labute approximate surface area is 138 Å². The van der Waals surface area contributed by atoms with E-state index in [1.54, 1.807) is 0 Å². The van der Waals surface area contributed by atoms with Crippen LogP contribution in [-0.2, 0) is 14.3 Å². The van der Waals surface area contributed by atoms with Crippen molar-refractivity contribution >= 4 is 5.91 Å². The fourth-order valence-corrected chi connectivity index (χ4v) is 3.93. The van der Waals surface area contributed by atoms with Crippen LogP contribution in [0.2, 0.25) is 0 Å². The number of amides is 1. The van der Waals surface area contributed by atoms with Crippen LogP contribution in [0.4, 0.5) is 0 Å². The van der Waals surface area contributed by atoms with E-state index in [0.29, 0.717) is 26.3 Å². The third-order valence-electron chi connectivity index (χ3n) is 5.37. The van der Waals surface area contributed by atoms with Crippen LogP contribution < -0.4 is 0 Å². The largest absolute Gasteiger partial charge is 0.389 e. The lowest BCUT2D eigenvalue weighted by Gasteiger charge is -2.38. The molecule has 6 nitrogen and oxygen atoms in total. The quantitative estimate of drug-likeness (QED) is 0.821. The summed E-state index contributed by atoms with van der Waals surface area (Å²) in [6, 6.07) is 0. The van der Waals surface area contributed by atoms with E-state index in [2.05, 4.69) is 4.90 Å². The van der Waals surface area contributed by atoms with E-state index in [0.717, 1.165) is 38.6 Å². The number of aliphatic hydroxyl groups is 1. The number of carbonyl (C=O) groups excluding carboxylic acids is 1. The smallest absolute Gasteiger partial charge is 0.225 e. The third-order valence-corrected chi connectivity index (χ3v) is 5.37. The van der Waals surface area contributed by atoms with Gasteiger partial charge in [0.05, 0.1) is 37.9 Å². The number of likely N-dealkylation sites (N-methyl/N-ethyl adjacent to an activating group) is 1. The molecule has 3 fully saturated rings. The zero-order valence-corrected chi connectivity index (χ0v) is 14.4. The molecule has 3 rings (SSSR count). The van der Waals surface area contributed by atoms with Crippen molar-refractivity contribution in [3.63, 3.8) is 0 Å². The number of nitrogens with zero attached hydrogens (tertiary/aromatic N) is 2. The first-order chi connectivity index (χ1) is 10.9. The second-order valence-electron chi connectivity index (χ2n) is 7.85. The Bertz CT molecular complexity index is 438. The molecule has 1 N–H and O–H groups in total. The second-order valence-corrected chi connectivity index (χ2v) is 7.85. The standard InChI is InChI=1S/C17H30N2O4/c1-18(2)11-14-4-7-17(23-14)12-19(8-9-22-13-17)15(20)10-16(21)5-3-6-16/h14,21H,3-13H2,1-2H3/t14?,17-/m0/s1. The Morgan fingerprint density at radius 2 is 2.13 bits per heavy atom. The van der Waals surface area contributed by atoms with Crippen molar-refractivity contribution in [1.82, 2.24) is 9.80 Å². The van der Waals surface area contributed by atoms with Gasteiger partial charge in [0, 0.05) is 13.1 Å². The van der Waals surface area contributed by atoms with E-state index in [-0.39, 0.29) is 24.0 Å². The van der Waals surface area contributed by atoms with Crippen LogP contribution in [0.15, 0.2) is 0 Å². The molecular formula is C17H30N2O4. The van der Waals surface area contributed by atoms with Crippen LogP contribution >= 0.6 is 0 Å². The fourth-order valence-electron chi connectivity index (χ4n) is 3.93. The van der Waals surface area contributed by atoms with Gasteiger partial charge < -0.3 is 24.4 Å². The molecule has 0 aromatic heterocycles. The minimum absolute atomic E-state index is 0.0386. The van der Waals surface area contributed by atoms with E-state index in [9.17, 15) is 9.90 Å². The summed E-state index contributed by atoms with van der Waals surface area (Å²) >= 11 is 0. The summed E-state index contributed by atoms with van der Waals surface area (Å²) in [6.07, 6.45) is 4.90. The highest BCUT2D eigenvalue weighted by molar-refractivity contribution is 5.77. The Kier molecular flexibility index (Phi) is 4.97. The van der Waals surface area contributed by atoms with Gasteiger partial charge in [0.1, 0.15) is 5.60 Å². The lowest BCUT2D eigenvalue weighted by molar-refractivity contribution is -0.145. The minimum Gasteiger partial charge on any atom is -0.389 e. The van der Waals surface area contributed by atoms with Crippen LogP contribution in [0.1, 0.15) is 38.5 Å². The average molecular weight is 326 g/mol. The summed E-state index contributed by atoms with van der Waals surface area (Å²) in [4.78, 5) is 16.6. The summed E-state index contributed by atoms with van der Waals surface area (Å²) < 4.78 is 12.0.